The number of esters is 1. The fourth-order valence-corrected chi connectivity index (χ4v) is 5.52. The first-order valence-electron chi connectivity index (χ1n) is 12.7. The summed E-state index contributed by atoms with van der Waals surface area (Å²) in [5.41, 5.74) is 1.59. The van der Waals surface area contributed by atoms with Crippen LogP contribution in [0.25, 0.3) is 0 Å². The van der Waals surface area contributed by atoms with Gasteiger partial charge in [-0.25, -0.2) is 9.59 Å². The second-order valence-corrected chi connectivity index (χ2v) is 9.81. The topological polar surface area (TPSA) is 101 Å². The lowest BCUT2D eigenvalue weighted by molar-refractivity contribution is -0.139. The Morgan fingerprint density at radius 2 is 1.84 bits per heavy atom. The van der Waals surface area contributed by atoms with Gasteiger partial charge in [0.05, 0.1) is 37.3 Å². The summed E-state index contributed by atoms with van der Waals surface area (Å²) in [6.45, 7) is 6.93. The Bertz CT molecular complexity index is 1190. The molecule has 1 unspecified atom stereocenters. The van der Waals surface area contributed by atoms with E-state index in [9.17, 15) is 14.4 Å². The molecule has 0 saturated carbocycles. The van der Waals surface area contributed by atoms with E-state index in [-0.39, 0.29) is 18.5 Å². The first-order valence-corrected chi connectivity index (χ1v) is 13.5. The lowest BCUT2D eigenvalue weighted by Crippen LogP contribution is -2.53. The zero-order chi connectivity index (χ0) is 27.2. The molecule has 0 radical (unpaired) electrons. The summed E-state index contributed by atoms with van der Waals surface area (Å²) < 4.78 is 16.4. The van der Waals surface area contributed by atoms with Gasteiger partial charge >= 0.3 is 12.0 Å². The minimum atomic E-state index is -0.762. The summed E-state index contributed by atoms with van der Waals surface area (Å²) in [7, 11) is 3.10. The Labute approximate surface area is 226 Å². The third kappa shape index (κ3) is 5.63. The standard InChI is InChI=1S/C27H34N4O6S/c1-5-31-20(17-29-11-13-30(14-12-29)25(32)22-8-7-15-38-22)23(26(33)37-6-2)24(28-27(31)34)19-10-9-18(35-3)16-21(19)36-4/h7-10,15-16,24H,5-6,11-14,17H2,1-4H3,(H,28,34). The predicted molar refractivity (Wildman–Crippen MR) is 144 cm³/mol. The number of thiophene rings is 1. The van der Waals surface area contributed by atoms with Crippen molar-refractivity contribution < 1.29 is 28.6 Å². The molecule has 1 aromatic carbocycles. The molecule has 0 bridgehead atoms. The van der Waals surface area contributed by atoms with Crippen LogP contribution in [0.3, 0.4) is 0 Å². The number of urea groups is 1. The van der Waals surface area contributed by atoms with E-state index in [2.05, 4.69) is 10.2 Å². The van der Waals surface area contributed by atoms with E-state index < -0.39 is 12.0 Å². The number of benzene rings is 1. The van der Waals surface area contributed by atoms with Crippen molar-refractivity contribution in [3.05, 3.63) is 57.4 Å². The molecule has 4 rings (SSSR count). The molecule has 204 valence electrons. The number of carbonyl (C=O) groups excluding carboxylic acids is 3. The van der Waals surface area contributed by atoms with E-state index in [1.807, 2.05) is 29.3 Å². The number of likely N-dealkylation sites (N-methyl/N-ethyl adjacent to an activating group) is 1. The molecular formula is C27H34N4O6S. The number of hydrogen-bond donors (Lipinski definition) is 1. The molecule has 0 aliphatic carbocycles. The van der Waals surface area contributed by atoms with Crippen molar-refractivity contribution in [3.8, 4) is 11.5 Å². The largest absolute Gasteiger partial charge is 0.497 e. The average molecular weight is 543 g/mol. The van der Waals surface area contributed by atoms with Crippen molar-refractivity contribution in [2.45, 2.75) is 19.9 Å². The molecule has 1 fully saturated rings. The van der Waals surface area contributed by atoms with Gasteiger partial charge in [-0.05, 0) is 37.4 Å². The van der Waals surface area contributed by atoms with E-state index in [0.29, 0.717) is 67.6 Å². The molecule has 1 atom stereocenters. The van der Waals surface area contributed by atoms with Crippen LogP contribution < -0.4 is 14.8 Å². The van der Waals surface area contributed by atoms with E-state index in [4.69, 9.17) is 14.2 Å². The summed E-state index contributed by atoms with van der Waals surface area (Å²) in [4.78, 5) is 45.8. The Balaban J connectivity index is 1.66. The molecule has 10 nitrogen and oxygen atoms in total. The zero-order valence-electron chi connectivity index (χ0n) is 22.2. The smallest absolute Gasteiger partial charge is 0.338 e. The molecule has 2 aromatic rings. The van der Waals surface area contributed by atoms with Crippen molar-refractivity contribution >= 4 is 29.2 Å². The predicted octanol–water partition coefficient (Wildman–Crippen LogP) is 3.13. The first kappa shape index (κ1) is 27.5. The van der Waals surface area contributed by atoms with E-state index >= 15 is 0 Å². The molecular weight excluding hydrogens is 508 g/mol. The number of hydrogen-bond acceptors (Lipinski definition) is 8. The van der Waals surface area contributed by atoms with Crippen molar-refractivity contribution in [3.63, 3.8) is 0 Å². The lowest BCUT2D eigenvalue weighted by atomic mass is 9.93. The number of piperazine rings is 1. The molecule has 11 heteroatoms. The van der Waals surface area contributed by atoms with Gasteiger partial charge in [0.15, 0.2) is 0 Å². The third-order valence-electron chi connectivity index (χ3n) is 6.77. The van der Waals surface area contributed by atoms with Crippen LogP contribution in [0.15, 0.2) is 47.0 Å². The fourth-order valence-electron chi connectivity index (χ4n) is 4.82. The van der Waals surface area contributed by atoms with Crippen molar-refractivity contribution in [2.75, 3.05) is 60.1 Å². The maximum atomic E-state index is 13.4. The van der Waals surface area contributed by atoms with E-state index in [0.717, 1.165) is 4.88 Å². The van der Waals surface area contributed by atoms with Gasteiger partial charge in [0, 0.05) is 56.6 Å². The Hall–Kier alpha value is -3.57. The summed E-state index contributed by atoms with van der Waals surface area (Å²) in [5, 5.41) is 4.87. The highest BCUT2D eigenvalue weighted by Crippen LogP contribution is 2.38. The molecule has 1 saturated heterocycles. The van der Waals surface area contributed by atoms with Crippen LogP contribution in [0.4, 0.5) is 4.79 Å². The highest BCUT2D eigenvalue weighted by atomic mass is 32.1. The highest BCUT2D eigenvalue weighted by molar-refractivity contribution is 7.12. The van der Waals surface area contributed by atoms with Crippen molar-refractivity contribution in [1.82, 2.24) is 20.0 Å². The van der Waals surface area contributed by atoms with Gasteiger partial charge in [0.25, 0.3) is 5.91 Å². The van der Waals surface area contributed by atoms with Crippen LogP contribution >= 0.6 is 11.3 Å². The van der Waals surface area contributed by atoms with Gasteiger partial charge in [0.1, 0.15) is 11.5 Å². The van der Waals surface area contributed by atoms with Crippen molar-refractivity contribution in [1.29, 1.82) is 0 Å². The molecule has 38 heavy (non-hydrogen) atoms. The second-order valence-electron chi connectivity index (χ2n) is 8.86. The molecule has 3 amide bonds. The molecule has 3 heterocycles. The quantitative estimate of drug-likeness (QED) is 0.486. The Morgan fingerprint density at radius 3 is 2.45 bits per heavy atom. The molecule has 1 N–H and O–H groups in total. The summed E-state index contributed by atoms with van der Waals surface area (Å²) in [6.07, 6.45) is 0. The van der Waals surface area contributed by atoms with Gasteiger partial charge in [-0.3, -0.25) is 14.6 Å². The second kappa shape index (κ2) is 12.3. The molecule has 2 aliphatic rings. The number of methoxy groups -OCH3 is 2. The van der Waals surface area contributed by atoms with E-state index in [1.54, 1.807) is 37.1 Å². The van der Waals surface area contributed by atoms with Crippen LogP contribution in [0.2, 0.25) is 0 Å². The van der Waals surface area contributed by atoms with Gasteiger partial charge in [-0.15, -0.1) is 11.3 Å². The van der Waals surface area contributed by atoms with Gasteiger partial charge < -0.3 is 24.4 Å². The van der Waals surface area contributed by atoms with E-state index in [1.165, 1.54) is 18.4 Å². The van der Waals surface area contributed by atoms with Crippen molar-refractivity contribution in [2.24, 2.45) is 0 Å². The lowest BCUT2D eigenvalue weighted by Gasteiger charge is -2.40. The monoisotopic (exact) mass is 542 g/mol. The van der Waals surface area contributed by atoms with Crippen LogP contribution in [-0.2, 0) is 9.53 Å². The minimum absolute atomic E-state index is 0.0324. The zero-order valence-corrected chi connectivity index (χ0v) is 23.0. The van der Waals surface area contributed by atoms with Crippen LogP contribution in [0.5, 0.6) is 11.5 Å². The summed E-state index contributed by atoms with van der Waals surface area (Å²) in [5.74, 6) is 0.626. The number of nitrogens with zero attached hydrogens (tertiary/aromatic N) is 3. The van der Waals surface area contributed by atoms with Crippen LogP contribution in [-0.4, -0.2) is 92.7 Å². The third-order valence-corrected chi connectivity index (χ3v) is 7.62. The average Bonchev–Trinajstić information content (AvgIpc) is 3.48. The maximum Gasteiger partial charge on any atom is 0.338 e. The Morgan fingerprint density at radius 1 is 1.08 bits per heavy atom. The summed E-state index contributed by atoms with van der Waals surface area (Å²) >= 11 is 1.44. The van der Waals surface area contributed by atoms with Crippen LogP contribution in [0.1, 0.15) is 35.1 Å². The first-order chi connectivity index (χ1) is 18.4. The number of ether oxygens (including phenoxy) is 3. The molecule has 0 spiro atoms. The van der Waals surface area contributed by atoms with Gasteiger partial charge in [0.2, 0.25) is 0 Å². The van der Waals surface area contributed by atoms with Gasteiger partial charge in [-0.1, -0.05) is 6.07 Å². The summed E-state index contributed by atoms with van der Waals surface area (Å²) in [6, 6.07) is 7.92. The number of amides is 3. The Kier molecular flexibility index (Phi) is 8.90. The van der Waals surface area contributed by atoms with Gasteiger partial charge in [-0.2, -0.15) is 0 Å². The molecule has 1 aromatic heterocycles. The normalized spacial score (nSPS) is 18.3. The maximum absolute atomic E-state index is 13.4. The number of carbonyl (C=O) groups is 3. The molecule has 2 aliphatic heterocycles. The fraction of sp³-hybridized carbons (Fsp3) is 0.444. The number of nitrogens with one attached hydrogen (secondary N) is 1. The minimum Gasteiger partial charge on any atom is -0.497 e. The van der Waals surface area contributed by atoms with Crippen LogP contribution in [0, 0.1) is 0 Å². The highest BCUT2D eigenvalue weighted by Gasteiger charge is 2.40. The number of rotatable bonds is 9. The SMILES string of the molecule is CCOC(=O)C1=C(CN2CCN(C(=O)c3cccs3)CC2)N(CC)C(=O)NC1c1ccc(OC)cc1OC.